The van der Waals surface area contributed by atoms with Gasteiger partial charge in [0.05, 0.1) is 11.4 Å². The van der Waals surface area contributed by atoms with E-state index in [4.69, 9.17) is 0 Å². The zero-order valence-corrected chi connectivity index (χ0v) is 17.6. The van der Waals surface area contributed by atoms with E-state index in [1.165, 1.54) is 39.3 Å². The lowest BCUT2D eigenvalue weighted by molar-refractivity contribution is 0.682. The molecule has 3 aromatic carbocycles. The summed E-state index contributed by atoms with van der Waals surface area (Å²) in [7, 11) is 0. The Bertz CT molecular complexity index is 1070. The number of anilines is 1. The van der Waals surface area contributed by atoms with E-state index in [-0.39, 0.29) is 10.8 Å². The Balaban J connectivity index is 1.77. The van der Waals surface area contributed by atoms with Gasteiger partial charge in [0.15, 0.2) is 0 Å². The molecule has 0 bridgehead atoms. The van der Waals surface area contributed by atoms with E-state index in [1.807, 2.05) is 0 Å². The molecule has 0 unspecified atom stereocenters. The van der Waals surface area contributed by atoms with Crippen molar-refractivity contribution in [3.63, 3.8) is 0 Å². The Morgan fingerprint density at radius 3 is 1.41 bits per heavy atom. The predicted octanol–water partition coefficient (Wildman–Crippen LogP) is 7.16. The minimum Gasteiger partial charge on any atom is -0.310 e. The van der Waals surface area contributed by atoms with E-state index in [0.29, 0.717) is 0 Å². The number of para-hydroxylation sites is 1. The van der Waals surface area contributed by atoms with Crippen molar-refractivity contribution in [2.24, 2.45) is 0 Å². The van der Waals surface area contributed by atoms with Crippen LogP contribution in [0.3, 0.4) is 0 Å². The van der Waals surface area contributed by atoms with E-state index in [2.05, 4.69) is 124 Å². The highest BCUT2D eigenvalue weighted by Crippen LogP contribution is 2.49. The van der Waals surface area contributed by atoms with Crippen LogP contribution in [0.25, 0.3) is 11.4 Å². The molecule has 1 heteroatoms. The zero-order chi connectivity index (χ0) is 20.2. The molecule has 5 rings (SSSR count). The molecule has 2 aliphatic carbocycles. The second-order valence-corrected chi connectivity index (χ2v) is 9.26. The van der Waals surface area contributed by atoms with Crippen molar-refractivity contribution in [2.75, 3.05) is 4.90 Å². The fraction of sp³-hybridized carbons (Fsp3) is 0.214. The lowest BCUT2D eigenvalue weighted by Gasteiger charge is -2.29. The normalized spacial score (nSPS) is 17.9. The minimum absolute atomic E-state index is 0.00710. The van der Waals surface area contributed by atoms with Crippen molar-refractivity contribution in [1.29, 1.82) is 0 Å². The number of hydrogen-bond donors (Lipinski definition) is 0. The van der Waals surface area contributed by atoms with Crippen LogP contribution in [-0.2, 0) is 10.8 Å². The fourth-order valence-corrected chi connectivity index (χ4v) is 4.89. The highest BCUT2D eigenvalue weighted by atomic mass is 15.2. The molecule has 1 nitrogen and oxygen atoms in total. The zero-order valence-electron chi connectivity index (χ0n) is 17.6. The van der Waals surface area contributed by atoms with Crippen LogP contribution in [0, 0.1) is 0 Å². The maximum absolute atomic E-state index is 2.46. The number of rotatable bonds is 3. The maximum Gasteiger partial charge on any atom is 0.0506 e. The average molecular weight is 378 g/mol. The Morgan fingerprint density at radius 2 is 0.931 bits per heavy atom. The average Bonchev–Trinajstić information content (AvgIpc) is 3.14. The van der Waals surface area contributed by atoms with Crippen LogP contribution in [0.5, 0.6) is 0 Å². The van der Waals surface area contributed by atoms with Gasteiger partial charge in [-0.15, -0.1) is 0 Å². The van der Waals surface area contributed by atoms with Gasteiger partial charge < -0.3 is 4.90 Å². The molecule has 29 heavy (non-hydrogen) atoms. The van der Waals surface area contributed by atoms with Gasteiger partial charge in [-0.2, -0.15) is 0 Å². The Morgan fingerprint density at radius 1 is 0.517 bits per heavy atom. The molecule has 0 amide bonds. The van der Waals surface area contributed by atoms with Crippen molar-refractivity contribution >= 4 is 17.1 Å². The summed E-state index contributed by atoms with van der Waals surface area (Å²) in [5, 5.41) is 0. The number of nitrogens with zero attached hydrogens (tertiary/aromatic N) is 1. The standard InChI is InChI=1S/C28H27N/c1-27(2)18-25(21-14-8-10-16-23(21)27)29(20-12-6-5-7-13-20)26-19-28(3,4)24-17-11-9-15-22(24)26/h5-19H,1-4H3. The summed E-state index contributed by atoms with van der Waals surface area (Å²) in [6.45, 7) is 9.23. The van der Waals surface area contributed by atoms with Gasteiger partial charge in [0.25, 0.3) is 0 Å². The van der Waals surface area contributed by atoms with Crippen molar-refractivity contribution in [1.82, 2.24) is 0 Å². The summed E-state index contributed by atoms with van der Waals surface area (Å²) in [5.74, 6) is 0. The SMILES string of the molecule is CC1(C)C=C(N(C2=CC(C)(C)c3ccccc32)c2ccccc2)c2ccccc21. The maximum atomic E-state index is 2.46. The molecule has 3 aromatic rings. The molecular formula is C28H27N. The monoisotopic (exact) mass is 377 g/mol. The summed E-state index contributed by atoms with van der Waals surface area (Å²) in [6.07, 6.45) is 4.86. The van der Waals surface area contributed by atoms with Crippen LogP contribution < -0.4 is 4.90 Å². The van der Waals surface area contributed by atoms with E-state index in [1.54, 1.807) is 0 Å². The van der Waals surface area contributed by atoms with Gasteiger partial charge >= 0.3 is 0 Å². The lowest BCUT2D eigenvalue weighted by Crippen LogP contribution is -2.19. The molecule has 0 N–H and O–H groups in total. The van der Waals surface area contributed by atoms with Crippen molar-refractivity contribution in [2.45, 2.75) is 38.5 Å². The van der Waals surface area contributed by atoms with Gasteiger partial charge in [-0.1, -0.05) is 94.4 Å². The summed E-state index contributed by atoms with van der Waals surface area (Å²) in [6, 6.07) is 28.4. The van der Waals surface area contributed by atoms with Crippen molar-refractivity contribution in [3.05, 3.63) is 113 Å². The number of allylic oxidation sites excluding steroid dienone is 2. The summed E-state index contributed by atoms with van der Waals surface area (Å²) >= 11 is 0. The smallest absolute Gasteiger partial charge is 0.0506 e. The van der Waals surface area contributed by atoms with E-state index in [9.17, 15) is 0 Å². The fourth-order valence-electron chi connectivity index (χ4n) is 4.89. The van der Waals surface area contributed by atoms with Crippen LogP contribution >= 0.6 is 0 Å². The predicted molar refractivity (Wildman–Crippen MR) is 124 cm³/mol. The first-order valence-electron chi connectivity index (χ1n) is 10.4. The second kappa shape index (κ2) is 6.22. The summed E-state index contributed by atoms with van der Waals surface area (Å²) in [4.78, 5) is 2.46. The number of fused-ring (bicyclic) bond motifs is 2. The van der Waals surface area contributed by atoms with Crippen LogP contribution in [0.4, 0.5) is 5.69 Å². The Kier molecular flexibility index (Phi) is 3.86. The minimum atomic E-state index is 0.00710. The highest BCUT2D eigenvalue weighted by Gasteiger charge is 2.37. The summed E-state index contributed by atoms with van der Waals surface area (Å²) < 4.78 is 0. The molecule has 144 valence electrons. The number of hydrogen-bond acceptors (Lipinski definition) is 1. The van der Waals surface area contributed by atoms with Gasteiger partial charge in [-0.05, 0) is 35.4 Å². The molecule has 0 radical (unpaired) electrons. The van der Waals surface area contributed by atoms with E-state index >= 15 is 0 Å². The molecule has 0 aromatic heterocycles. The molecule has 0 saturated heterocycles. The van der Waals surface area contributed by atoms with Crippen LogP contribution in [-0.4, -0.2) is 0 Å². The summed E-state index contributed by atoms with van der Waals surface area (Å²) in [5.41, 5.74) is 9.19. The third-order valence-electron chi connectivity index (χ3n) is 6.29. The Labute approximate surface area is 174 Å². The largest absolute Gasteiger partial charge is 0.310 e. The van der Waals surface area contributed by atoms with Gasteiger partial charge in [0, 0.05) is 27.6 Å². The van der Waals surface area contributed by atoms with Crippen LogP contribution in [0.2, 0.25) is 0 Å². The molecule has 0 saturated carbocycles. The first-order valence-corrected chi connectivity index (χ1v) is 10.4. The molecule has 0 fully saturated rings. The lowest BCUT2D eigenvalue weighted by atomic mass is 9.87. The van der Waals surface area contributed by atoms with Gasteiger partial charge in [-0.25, -0.2) is 0 Å². The molecular weight excluding hydrogens is 350 g/mol. The first kappa shape index (κ1) is 18.0. The second-order valence-electron chi connectivity index (χ2n) is 9.26. The van der Waals surface area contributed by atoms with Crippen molar-refractivity contribution < 1.29 is 0 Å². The highest BCUT2D eigenvalue weighted by molar-refractivity contribution is 6.00. The van der Waals surface area contributed by atoms with Crippen LogP contribution in [0.1, 0.15) is 49.9 Å². The quantitative estimate of drug-likeness (QED) is 0.468. The first-order chi connectivity index (χ1) is 13.9. The molecule has 2 aliphatic rings. The third kappa shape index (κ3) is 2.76. The Hall–Kier alpha value is -3.06. The van der Waals surface area contributed by atoms with Gasteiger partial charge in [0.2, 0.25) is 0 Å². The molecule has 0 spiro atoms. The van der Waals surface area contributed by atoms with E-state index in [0.717, 1.165) is 0 Å². The van der Waals surface area contributed by atoms with E-state index < -0.39 is 0 Å². The third-order valence-corrected chi connectivity index (χ3v) is 6.29. The van der Waals surface area contributed by atoms with Crippen molar-refractivity contribution in [3.8, 4) is 0 Å². The van der Waals surface area contributed by atoms with Crippen LogP contribution in [0.15, 0.2) is 91.0 Å². The molecule has 0 heterocycles. The molecule has 0 aliphatic heterocycles. The van der Waals surface area contributed by atoms with Gasteiger partial charge in [0.1, 0.15) is 0 Å². The molecule has 0 atom stereocenters. The topological polar surface area (TPSA) is 3.24 Å². The number of benzene rings is 3. The van der Waals surface area contributed by atoms with Gasteiger partial charge in [-0.3, -0.25) is 0 Å².